The van der Waals surface area contributed by atoms with Crippen LogP contribution in [-0.2, 0) is 12.8 Å². The predicted molar refractivity (Wildman–Crippen MR) is 91.5 cm³/mol. The molecular formula is C18H17N5O3. The maximum atomic E-state index is 13.1. The van der Waals surface area contributed by atoms with E-state index in [0.717, 1.165) is 17.7 Å². The molecule has 0 radical (unpaired) electrons. The number of fused-ring (bicyclic) bond motifs is 6. The van der Waals surface area contributed by atoms with Crippen molar-refractivity contribution in [3.8, 4) is 11.5 Å². The molecule has 1 unspecified atom stereocenters. The molecule has 0 bridgehead atoms. The quantitative estimate of drug-likeness (QED) is 0.695. The number of amides is 1. The minimum absolute atomic E-state index is 0.0124. The van der Waals surface area contributed by atoms with Gasteiger partial charge in [-0.25, -0.2) is 9.50 Å². The van der Waals surface area contributed by atoms with Crippen molar-refractivity contribution < 1.29 is 14.3 Å². The number of hydrogen-bond acceptors (Lipinski definition) is 6. The van der Waals surface area contributed by atoms with E-state index >= 15 is 0 Å². The number of benzene rings is 1. The zero-order valence-corrected chi connectivity index (χ0v) is 14.5. The van der Waals surface area contributed by atoms with Gasteiger partial charge in [0.1, 0.15) is 6.33 Å². The summed E-state index contributed by atoms with van der Waals surface area (Å²) in [6.45, 7) is 0.667. The lowest BCUT2D eigenvalue weighted by Crippen LogP contribution is -2.45. The summed E-state index contributed by atoms with van der Waals surface area (Å²) in [6, 6.07) is 3.94. The Hall–Kier alpha value is -3.16. The van der Waals surface area contributed by atoms with E-state index in [1.54, 1.807) is 24.9 Å². The Kier molecular flexibility index (Phi) is 3.15. The van der Waals surface area contributed by atoms with Crippen molar-refractivity contribution >= 4 is 11.7 Å². The first-order valence-corrected chi connectivity index (χ1v) is 8.44. The minimum Gasteiger partial charge on any atom is -0.493 e. The van der Waals surface area contributed by atoms with Crippen LogP contribution in [0.3, 0.4) is 0 Å². The molecule has 0 saturated carbocycles. The van der Waals surface area contributed by atoms with Gasteiger partial charge in [-0.1, -0.05) is 0 Å². The van der Waals surface area contributed by atoms with Gasteiger partial charge in [-0.05, 0) is 29.7 Å². The molecule has 2 aliphatic rings. The van der Waals surface area contributed by atoms with Crippen LogP contribution in [0.1, 0.15) is 33.2 Å². The number of carbonyl (C=O) groups is 1. The lowest BCUT2D eigenvalue weighted by Gasteiger charge is -2.41. The standard InChI is InChI=1S/C18H17N5O3/c1-25-15-5-10-3-4-22-13(11(10)6-16(15)26-2)7-14-12(17(22)24)8-19-18-20-9-21-23(14)18/h5-6,8-9,13H,3-4,7H2,1-2H3. The topological polar surface area (TPSA) is 81.9 Å². The fourth-order valence-corrected chi connectivity index (χ4v) is 4.03. The first-order chi connectivity index (χ1) is 12.7. The number of aromatic nitrogens is 4. The second-order valence-electron chi connectivity index (χ2n) is 6.46. The monoisotopic (exact) mass is 351 g/mol. The summed E-state index contributed by atoms with van der Waals surface area (Å²) >= 11 is 0. The van der Waals surface area contributed by atoms with Gasteiger partial charge in [-0.15, -0.1) is 0 Å². The molecule has 0 spiro atoms. The second kappa shape index (κ2) is 5.42. The third kappa shape index (κ3) is 1.95. The highest BCUT2D eigenvalue weighted by molar-refractivity contribution is 5.97. The molecule has 0 fully saturated rings. The normalized spacial score (nSPS) is 18.3. The van der Waals surface area contributed by atoms with Crippen LogP contribution in [0.5, 0.6) is 11.5 Å². The molecule has 4 heterocycles. The van der Waals surface area contributed by atoms with Crippen LogP contribution < -0.4 is 9.47 Å². The van der Waals surface area contributed by atoms with E-state index in [4.69, 9.17) is 9.47 Å². The van der Waals surface area contributed by atoms with Crippen molar-refractivity contribution in [2.24, 2.45) is 0 Å². The van der Waals surface area contributed by atoms with Gasteiger partial charge in [0.15, 0.2) is 11.5 Å². The zero-order valence-electron chi connectivity index (χ0n) is 14.5. The largest absolute Gasteiger partial charge is 0.493 e. The number of nitrogens with zero attached hydrogens (tertiary/aromatic N) is 5. The number of carbonyl (C=O) groups excluding carboxylic acids is 1. The summed E-state index contributed by atoms with van der Waals surface area (Å²) in [5.74, 6) is 1.88. The molecule has 1 aromatic carbocycles. The van der Waals surface area contributed by atoms with E-state index < -0.39 is 0 Å². The molecule has 5 rings (SSSR count). The Morgan fingerprint density at radius 1 is 1.15 bits per heavy atom. The lowest BCUT2D eigenvalue weighted by molar-refractivity contribution is 0.0626. The van der Waals surface area contributed by atoms with E-state index in [1.165, 1.54) is 11.9 Å². The number of ether oxygens (including phenoxy) is 2. The van der Waals surface area contributed by atoms with Gasteiger partial charge in [0.2, 0.25) is 0 Å². The molecule has 26 heavy (non-hydrogen) atoms. The van der Waals surface area contributed by atoms with Crippen LogP contribution >= 0.6 is 0 Å². The average Bonchev–Trinajstić information content (AvgIpc) is 3.16. The Labute approximate surface area is 149 Å². The van der Waals surface area contributed by atoms with Crippen LogP contribution in [-0.4, -0.2) is 51.2 Å². The van der Waals surface area contributed by atoms with Crippen molar-refractivity contribution in [1.82, 2.24) is 24.5 Å². The highest BCUT2D eigenvalue weighted by Gasteiger charge is 2.39. The van der Waals surface area contributed by atoms with E-state index in [-0.39, 0.29) is 11.9 Å². The van der Waals surface area contributed by atoms with Gasteiger partial charge in [0.25, 0.3) is 11.7 Å². The van der Waals surface area contributed by atoms with Crippen molar-refractivity contribution in [3.05, 3.63) is 47.0 Å². The van der Waals surface area contributed by atoms with Crippen LogP contribution in [0.25, 0.3) is 5.78 Å². The van der Waals surface area contributed by atoms with Crippen molar-refractivity contribution in [1.29, 1.82) is 0 Å². The van der Waals surface area contributed by atoms with Gasteiger partial charge in [-0.2, -0.15) is 10.1 Å². The Balaban J connectivity index is 1.68. The van der Waals surface area contributed by atoms with Crippen LogP contribution in [0.4, 0.5) is 0 Å². The van der Waals surface area contributed by atoms with Crippen LogP contribution in [0.15, 0.2) is 24.7 Å². The van der Waals surface area contributed by atoms with Gasteiger partial charge >= 0.3 is 0 Å². The van der Waals surface area contributed by atoms with Gasteiger partial charge in [0.05, 0.1) is 31.5 Å². The number of hydrogen-bond donors (Lipinski definition) is 0. The molecule has 132 valence electrons. The van der Waals surface area contributed by atoms with E-state index in [2.05, 4.69) is 15.1 Å². The van der Waals surface area contributed by atoms with Gasteiger partial charge in [-0.3, -0.25) is 4.79 Å². The fourth-order valence-electron chi connectivity index (χ4n) is 4.03. The maximum absolute atomic E-state index is 13.1. The Morgan fingerprint density at radius 2 is 1.96 bits per heavy atom. The van der Waals surface area contributed by atoms with Crippen LogP contribution in [0.2, 0.25) is 0 Å². The first-order valence-electron chi connectivity index (χ1n) is 8.44. The lowest BCUT2D eigenvalue weighted by atomic mass is 9.85. The third-order valence-electron chi connectivity index (χ3n) is 5.29. The summed E-state index contributed by atoms with van der Waals surface area (Å²) in [6.07, 6.45) is 4.52. The first kappa shape index (κ1) is 15.1. The van der Waals surface area contributed by atoms with Gasteiger partial charge < -0.3 is 14.4 Å². The molecule has 1 atom stereocenters. The van der Waals surface area contributed by atoms with E-state index in [1.807, 2.05) is 17.0 Å². The summed E-state index contributed by atoms with van der Waals surface area (Å²) in [5, 5.41) is 4.25. The SMILES string of the molecule is COc1cc2c(cc1OC)C1Cc3c(cnc4ncnn34)C(=O)N1CC2. The van der Waals surface area contributed by atoms with E-state index in [9.17, 15) is 4.79 Å². The smallest absolute Gasteiger partial charge is 0.257 e. The third-order valence-corrected chi connectivity index (χ3v) is 5.29. The molecule has 0 saturated heterocycles. The molecule has 2 aliphatic heterocycles. The highest BCUT2D eigenvalue weighted by atomic mass is 16.5. The van der Waals surface area contributed by atoms with Crippen molar-refractivity contribution in [2.45, 2.75) is 18.9 Å². The average molecular weight is 351 g/mol. The molecule has 0 aliphatic carbocycles. The minimum atomic E-state index is -0.0617. The van der Waals surface area contributed by atoms with Crippen molar-refractivity contribution in [2.75, 3.05) is 20.8 Å². The van der Waals surface area contributed by atoms with Crippen molar-refractivity contribution in [3.63, 3.8) is 0 Å². The molecule has 8 nitrogen and oxygen atoms in total. The maximum Gasteiger partial charge on any atom is 0.257 e. The number of methoxy groups -OCH3 is 2. The second-order valence-corrected chi connectivity index (χ2v) is 6.46. The predicted octanol–water partition coefficient (Wildman–Crippen LogP) is 1.44. The van der Waals surface area contributed by atoms with Gasteiger partial charge in [0, 0.05) is 19.2 Å². The molecular weight excluding hydrogens is 334 g/mol. The molecule has 1 amide bonds. The molecule has 2 aromatic heterocycles. The summed E-state index contributed by atoms with van der Waals surface area (Å²) in [7, 11) is 3.25. The number of rotatable bonds is 2. The highest BCUT2D eigenvalue weighted by Crippen LogP contribution is 2.42. The van der Waals surface area contributed by atoms with Crippen LogP contribution in [0, 0.1) is 0 Å². The molecule has 3 aromatic rings. The molecule has 0 N–H and O–H groups in total. The summed E-state index contributed by atoms with van der Waals surface area (Å²) in [5.41, 5.74) is 3.73. The zero-order chi connectivity index (χ0) is 17.8. The molecule has 8 heteroatoms. The van der Waals surface area contributed by atoms with E-state index in [0.29, 0.717) is 35.8 Å². The Bertz CT molecular complexity index is 1040. The summed E-state index contributed by atoms with van der Waals surface area (Å²) in [4.78, 5) is 23.4. The Morgan fingerprint density at radius 3 is 2.77 bits per heavy atom. The fraction of sp³-hybridized carbons (Fsp3) is 0.333. The summed E-state index contributed by atoms with van der Waals surface area (Å²) < 4.78 is 12.6.